The van der Waals surface area contributed by atoms with E-state index in [4.69, 9.17) is 0 Å². The third kappa shape index (κ3) is 2.24. The van der Waals surface area contributed by atoms with Crippen molar-refractivity contribution in [3.8, 4) is 0 Å². The van der Waals surface area contributed by atoms with Gasteiger partial charge in [0.1, 0.15) is 0 Å². The number of amides is 4. The number of rotatable bonds is 2. The van der Waals surface area contributed by atoms with E-state index in [2.05, 4.69) is 0 Å². The third-order valence-corrected chi connectivity index (χ3v) is 8.79. The van der Waals surface area contributed by atoms with Crippen LogP contribution in [-0.4, -0.2) is 67.9 Å². The lowest BCUT2D eigenvalue weighted by molar-refractivity contribution is -0.179. The summed E-state index contributed by atoms with van der Waals surface area (Å²) >= 11 is 0. The molecule has 2 aliphatic heterocycles. The molecule has 30 heavy (non-hydrogen) atoms. The average Bonchev–Trinajstić information content (AvgIpc) is 2.98. The molecule has 0 aromatic rings. The monoisotopic (exact) mass is 418 g/mol. The molecule has 5 aliphatic rings. The fraction of sp³-hybridized carbons (Fsp3) is 0.818. The van der Waals surface area contributed by atoms with Gasteiger partial charge in [-0.25, -0.2) is 0 Å². The molecule has 0 spiro atoms. The van der Waals surface area contributed by atoms with Crippen LogP contribution in [0.25, 0.3) is 0 Å². The largest absolute Gasteiger partial charge is 0.393 e. The van der Waals surface area contributed by atoms with Crippen LogP contribution in [0, 0.1) is 22.7 Å². The number of imide groups is 2. The molecule has 0 aromatic carbocycles. The molecule has 8 heteroatoms. The molecule has 0 unspecified atom stereocenters. The number of fused-ring (bicyclic) bond motifs is 4. The van der Waals surface area contributed by atoms with Crippen LogP contribution >= 0.6 is 0 Å². The lowest BCUT2D eigenvalue weighted by atomic mass is 9.41. The Morgan fingerprint density at radius 3 is 1.23 bits per heavy atom. The smallest absolute Gasteiger partial charge is 0.237 e. The van der Waals surface area contributed by atoms with Crippen LogP contribution < -0.4 is 0 Å². The highest BCUT2D eigenvalue weighted by atomic mass is 16.3. The minimum Gasteiger partial charge on any atom is -0.393 e. The molecule has 0 bridgehead atoms. The van der Waals surface area contributed by atoms with Crippen LogP contribution in [0.1, 0.15) is 65.2 Å². The van der Waals surface area contributed by atoms with Gasteiger partial charge in [-0.3, -0.25) is 29.0 Å². The van der Waals surface area contributed by atoms with Gasteiger partial charge >= 0.3 is 0 Å². The first-order chi connectivity index (χ1) is 14.1. The van der Waals surface area contributed by atoms with Gasteiger partial charge in [-0.15, -0.1) is 0 Å². The van der Waals surface area contributed by atoms with E-state index in [1.807, 2.05) is 0 Å². The molecule has 0 aromatic heterocycles. The third-order valence-electron chi connectivity index (χ3n) is 8.79. The summed E-state index contributed by atoms with van der Waals surface area (Å²) in [6.45, 7) is 3.36. The molecule has 5 rings (SSSR count). The molecule has 5 fully saturated rings. The Kier molecular flexibility index (Phi) is 4.26. The molecule has 4 amide bonds. The molecule has 0 atom stereocenters. The zero-order chi connectivity index (χ0) is 21.6. The number of aliphatic hydroxyl groups excluding tert-OH is 2. The van der Waals surface area contributed by atoms with E-state index in [9.17, 15) is 29.4 Å². The van der Waals surface area contributed by atoms with E-state index in [1.54, 1.807) is 13.8 Å². The summed E-state index contributed by atoms with van der Waals surface area (Å²) < 4.78 is 0. The van der Waals surface area contributed by atoms with Gasteiger partial charge in [-0.1, -0.05) is 0 Å². The second-order valence-electron chi connectivity index (χ2n) is 10.4. The van der Waals surface area contributed by atoms with Gasteiger partial charge in [0.15, 0.2) is 0 Å². The highest BCUT2D eigenvalue weighted by Crippen LogP contribution is 2.71. The summed E-state index contributed by atoms with van der Waals surface area (Å²) in [5.41, 5.74) is -2.34. The quantitative estimate of drug-likeness (QED) is 0.634. The number of carbonyl (C=O) groups excluding carboxylic acids is 4. The van der Waals surface area contributed by atoms with Gasteiger partial charge in [0.25, 0.3) is 0 Å². The lowest BCUT2D eigenvalue weighted by Gasteiger charge is -2.53. The highest BCUT2D eigenvalue weighted by Gasteiger charge is 2.86. The summed E-state index contributed by atoms with van der Waals surface area (Å²) in [7, 11) is 0. The normalized spacial score (nSPS) is 48.7. The fourth-order valence-corrected chi connectivity index (χ4v) is 7.32. The van der Waals surface area contributed by atoms with E-state index < -0.39 is 34.9 Å². The first-order valence-corrected chi connectivity index (χ1v) is 11.2. The molecule has 2 heterocycles. The molecule has 3 saturated carbocycles. The number of carbonyl (C=O) groups is 4. The Labute approximate surface area is 175 Å². The standard InChI is InChI=1S/C22H30N2O6/c1-21-15(17(27)23(19(21)29)11-3-7-13(25)8-4-11)22(2)16(21)18(28)24(20(22)30)12-5-9-14(26)10-6-12/h11-16,25-26H,3-10H2,1-2H3. The van der Waals surface area contributed by atoms with Gasteiger partial charge in [0.05, 0.1) is 34.9 Å². The van der Waals surface area contributed by atoms with Gasteiger partial charge in [-0.2, -0.15) is 0 Å². The van der Waals surface area contributed by atoms with E-state index in [0.29, 0.717) is 51.4 Å². The Hall–Kier alpha value is -1.80. The van der Waals surface area contributed by atoms with Gasteiger partial charge in [0.2, 0.25) is 23.6 Å². The van der Waals surface area contributed by atoms with E-state index in [-0.39, 0.29) is 35.7 Å². The minimum absolute atomic E-state index is 0.263. The van der Waals surface area contributed by atoms with Crippen molar-refractivity contribution in [2.45, 2.75) is 89.5 Å². The molecular weight excluding hydrogens is 388 g/mol. The van der Waals surface area contributed by atoms with Crippen molar-refractivity contribution in [2.24, 2.45) is 22.7 Å². The van der Waals surface area contributed by atoms with Crippen molar-refractivity contribution in [1.29, 1.82) is 0 Å². The maximum atomic E-state index is 13.5. The second kappa shape index (κ2) is 6.36. The minimum atomic E-state index is -1.17. The fourth-order valence-electron chi connectivity index (χ4n) is 7.32. The number of likely N-dealkylation sites (tertiary alicyclic amines) is 2. The van der Waals surface area contributed by atoms with Crippen LogP contribution in [0.2, 0.25) is 0 Å². The molecular formula is C22H30N2O6. The van der Waals surface area contributed by atoms with Crippen molar-refractivity contribution in [3.63, 3.8) is 0 Å². The van der Waals surface area contributed by atoms with E-state index >= 15 is 0 Å². The lowest BCUT2D eigenvalue weighted by Crippen LogP contribution is -2.65. The summed E-state index contributed by atoms with van der Waals surface area (Å²) in [5, 5.41) is 19.6. The van der Waals surface area contributed by atoms with Crippen LogP contribution in [-0.2, 0) is 19.2 Å². The number of hydrogen-bond donors (Lipinski definition) is 2. The highest BCUT2D eigenvalue weighted by molar-refractivity contribution is 6.21. The van der Waals surface area contributed by atoms with Crippen LogP contribution in [0.5, 0.6) is 0 Å². The Morgan fingerprint density at radius 2 is 0.933 bits per heavy atom. The molecule has 2 N–H and O–H groups in total. The van der Waals surface area contributed by atoms with Crippen LogP contribution in [0.15, 0.2) is 0 Å². The van der Waals surface area contributed by atoms with Gasteiger partial charge in [-0.05, 0) is 65.2 Å². The maximum Gasteiger partial charge on any atom is 0.237 e. The number of aliphatic hydroxyl groups is 2. The summed E-state index contributed by atoms with van der Waals surface area (Å²) in [4.78, 5) is 56.4. The summed E-state index contributed by atoms with van der Waals surface area (Å²) in [6.07, 6.45) is 3.61. The summed E-state index contributed by atoms with van der Waals surface area (Å²) in [6, 6.07) is -0.525. The predicted octanol–water partition coefficient (Wildman–Crippen LogP) is 0.590. The topological polar surface area (TPSA) is 115 Å². The molecule has 164 valence electrons. The Morgan fingerprint density at radius 1 is 0.633 bits per heavy atom. The van der Waals surface area contributed by atoms with Crippen molar-refractivity contribution in [2.75, 3.05) is 0 Å². The molecule has 3 aliphatic carbocycles. The zero-order valence-corrected chi connectivity index (χ0v) is 17.5. The predicted molar refractivity (Wildman–Crippen MR) is 103 cm³/mol. The van der Waals surface area contributed by atoms with E-state index in [1.165, 1.54) is 9.80 Å². The van der Waals surface area contributed by atoms with Crippen molar-refractivity contribution in [3.05, 3.63) is 0 Å². The van der Waals surface area contributed by atoms with Crippen molar-refractivity contribution in [1.82, 2.24) is 9.80 Å². The summed E-state index contributed by atoms with van der Waals surface area (Å²) in [5.74, 6) is -2.92. The van der Waals surface area contributed by atoms with Crippen molar-refractivity contribution < 1.29 is 29.4 Å². The average molecular weight is 418 g/mol. The maximum absolute atomic E-state index is 13.5. The number of hydrogen-bond acceptors (Lipinski definition) is 6. The molecule has 0 radical (unpaired) electrons. The molecule has 8 nitrogen and oxygen atoms in total. The van der Waals surface area contributed by atoms with Gasteiger partial charge < -0.3 is 10.2 Å². The molecule has 2 saturated heterocycles. The zero-order valence-electron chi connectivity index (χ0n) is 17.5. The SMILES string of the molecule is CC12C(=O)N(C3CCC(O)CC3)C(=O)C1C1(C)C(=O)N(C3CCC(O)CC3)C(=O)C21. The van der Waals surface area contributed by atoms with Crippen LogP contribution in [0.3, 0.4) is 0 Å². The first kappa shape index (κ1) is 20.1. The number of nitrogens with zero attached hydrogens (tertiary/aromatic N) is 2. The van der Waals surface area contributed by atoms with Crippen LogP contribution in [0.4, 0.5) is 0 Å². The van der Waals surface area contributed by atoms with E-state index in [0.717, 1.165) is 0 Å². The van der Waals surface area contributed by atoms with Crippen molar-refractivity contribution >= 4 is 23.6 Å². The first-order valence-electron chi connectivity index (χ1n) is 11.2. The van der Waals surface area contributed by atoms with Gasteiger partial charge in [0, 0.05) is 12.1 Å². The Balaban J connectivity index is 1.45. The second-order valence-corrected chi connectivity index (χ2v) is 10.4. The Bertz CT molecular complexity index is 747.